The van der Waals surface area contributed by atoms with Gasteiger partial charge in [0.15, 0.2) is 11.6 Å². The van der Waals surface area contributed by atoms with Crippen LogP contribution in [0.15, 0.2) is 30.5 Å². The minimum Gasteiger partial charge on any atom is -0.494 e. The van der Waals surface area contributed by atoms with Gasteiger partial charge in [-0.3, -0.25) is 4.68 Å². The van der Waals surface area contributed by atoms with Crippen LogP contribution >= 0.6 is 0 Å². The van der Waals surface area contributed by atoms with Crippen molar-refractivity contribution in [3.8, 4) is 5.75 Å². The molecule has 2 aromatic rings. The first-order chi connectivity index (χ1) is 9.15. The van der Waals surface area contributed by atoms with Gasteiger partial charge in [-0.1, -0.05) is 6.07 Å². The van der Waals surface area contributed by atoms with E-state index in [2.05, 4.69) is 5.10 Å². The zero-order chi connectivity index (χ0) is 13.8. The van der Waals surface area contributed by atoms with E-state index < -0.39 is 11.9 Å². The van der Waals surface area contributed by atoms with Gasteiger partial charge >= 0.3 is 0 Å². The number of aromatic nitrogens is 2. The summed E-state index contributed by atoms with van der Waals surface area (Å²) in [7, 11) is 1.42. The lowest BCUT2D eigenvalue weighted by Gasteiger charge is -2.13. The van der Waals surface area contributed by atoms with Gasteiger partial charge in [0.2, 0.25) is 0 Å². The highest BCUT2D eigenvalue weighted by molar-refractivity contribution is 5.30. The Morgan fingerprint density at radius 3 is 2.84 bits per heavy atom. The zero-order valence-corrected chi connectivity index (χ0v) is 11.0. The Balaban J connectivity index is 2.15. The fourth-order valence-electron chi connectivity index (χ4n) is 2.05. The number of ether oxygens (including phenoxy) is 1. The molecular formula is C14H17FN2O2. The first-order valence-corrected chi connectivity index (χ1v) is 6.18. The highest BCUT2D eigenvalue weighted by Gasteiger charge is 2.14. The Bertz CT molecular complexity index is 554. The molecule has 0 amide bonds. The number of halogens is 1. The highest BCUT2D eigenvalue weighted by Crippen LogP contribution is 2.22. The van der Waals surface area contributed by atoms with Gasteiger partial charge in [0.05, 0.1) is 18.9 Å². The van der Waals surface area contributed by atoms with Crippen LogP contribution in [0.4, 0.5) is 4.39 Å². The predicted octanol–water partition coefficient (Wildman–Crippen LogP) is 2.33. The molecule has 0 aliphatic rings. The second kappa shape index (κ2) is 5.84. The third-order valence-corrected chi connectivity index (χ3v) is 3.04. The molecule has 1 aromatic carbocycles. The molecule has 5 heteroatoms. The maximum atomic E-state index is 13.6. The van der Waals surface area contributed by atoms with Gasteiger partial charge in [-0.2, -0.15) is 5.10 Å². The van der Waals surface area contributed by atoms with Gasteiger partial charge in [0.1, 0.15) is 0 Å². The fourth-order valence-corrected chi connectivity index (χ4v) is 2.05. The SMILES string of the molecule is CCn1nccc1C(O)Cc1ccc(OC)c(F)c1. The molecule has 0 radical (unpaired) electrons. The van der Waals surface area contributed by atoms with Gasteiger partial charge in [-0.05, 0) is 30.7 Å². The van der Waals surface area contributed by atoms with E-state index in [1.165, 1.54) is 13.2 Å². The molecule has 0 bridgehead atoms. The molecule has 0 saturated carbocycles. The van der Waals surface area contributed by atoms with Crippen molar-refractivity contribution < 1.29 is 14.2 Å². The standard InChI is InChI=1S/C14H17FN2O2/c1-3-17-12(6-7-16-17)13(18)9-10-4-5-14(19-2)11(15)8-10/h4-8,13,18H,3,9H2,1-2H3. The maximum Gasteiger partial charge on any atom is 0.165 e. The molecule has 0 aliphatic carbocycles. The average molecular weight is 264 g/mol. The van der Waals surface area contributed by atoms with Gasteiger partial charge in [0, 0.05) is 19.2 Å². The van der Waals surface area contributed by atoms with Crippen LogP contribution in [0.25, 0.3) is 0 Å². The van der Waals surface area contributed by atoms with Crippen molar-refractivity contribution in [2.24, 2.45) is 0 Å². The molecule has 0 fully saturated rings. The Labute approximate surface area is 111 Å². The van der Waals surface area contributed by atoms with Crippen LogP contribution in [0.1, 0.15) is 24.3 Å². The van der Waals surface area contributed by atoms with Crippen LogP contribution in [-0.4, -0.2) is 22.0 Å². The molecule has 1 N–H and O–H groups in total. The van der Waals surface area contributed by atoms with E-state index in [-0.39, 0.29) is 5.75 Å². The minimum absolute atomic E-state index is 0.205. The normalized spacial score (nSPS) is 12.4. The van der Waals surface area contributed by atoms with Crippen molar-refractivity contribution >= 4 is 0 Å². The van der Waals surface area contributed by atoms with E-state index in [1.807, 2.05) is 6.92 Å². The summed E-state index contributed by atoms with van der Waals surface area (Å²) in [6.45, 7) is 2.65. The van der Waals surface area contributed by atoms with Crippen molar-refractivity contribution in [1.82, 2.24) is 9.78 Å². The lowest BCUT2D eigenvalue weighted by molar-refractivity contribution is 0.167. The quantitative estimate of drug-likeness (QED) is 0.901. The number of nitrogens with zero attached hydrogens (tertiary/aromatic N) is 2. The fraction of sp³-hybridized carbons (Fsp3) is 0.357. The maximum absolute atomic E-state index is 13.6. The number of aliphatic hydroxyl groups excluding tert-OH is 1. The van der Waals surface area contributed by atoms with Crippen molar-refractivity contribution in [2.45, 2.75) is 26.0 Å². The van der Waals surface area contributed by atoms with E-state index in [4.69, 9.17) is 4.74 Å². The first-order valence-electron chi connectivity index (χ1n) is 6.18. The topological polar surface area (TPSA) is 47.3 Å². The molecule has 0 saturated heterocycles. The van der Waals surface area contributed by atoms with E-state index >= 15 is 0 Å². The molecule has 102 valence electrons. The Morgan fingerprint density at radius 1 is 1.42 bits per heavy atom. The molecule has 1 aromatic heterocycles. The van der Waals surface area contributed by atoms with E-state index in [9.17, 15) is 9.50 Å². The van der Waals surface area contributed by atoms with E-state index in [0.29, 0.717) is 13.0 Å². The minimum atomic E-state index is -0.699. The predicted molar refractivity (Wildman–Crippen MR) is 69.5 cm³/mol. The number of hydrogen-bond donors (Lipinski definition) is 1. The number of rotatable bonds is 5. The van der Waals surface area contributed by atoms with Crippen molar-refractivity contribution in [1.29, 1.82) is 0 Å². The van der Waals surface area contributed by atoms with Gasteiger partial charge in [0.25, 0.3) is 0 Å². The Kier molecular flexibility index (Phi) is 4.16. The lowest BCUT2D eigenvalue weighted by Crippen LogP contribution is -2.10. The second-order valence-electron chi connectivity index (χ2n) is 4.26. The van der Waals surface area contributed by atoms with Crippen molar-refractivity contribution in [3.63, 3.8) is 0 Å². The molecule has 0 spiro atoms. The van der Waals surface area contributed by atoms with Crippen LogP contribution in [0, 0.1) is 5.82 Å². The Morgan fingerprint density at radius 2 is 2.21 bits per heavy atom. The van der Waals surface area contributed by atoms with Crippen molar-refractivity contribution in [3.05, 3.63) is 47.5 Å². The average Bonchev–Trinajstić information content (AvgIpc) is 2.87. The van der Waals surface area contributed by atoms with Crippen molar-refractivity contribution in [2.75, 3.05) is 7.11 Å². The van der Waals surface area contributed by atoms with Crippen LogP contribution < -0.4 is 4.74 Å². The molecule has 2 rings (SSSR count). The number of hydrogen-bond acceptors (Lipinski definition) is 3. The third-order valence-electron chi connectivity index (χ3n) is 3.04. The Hall–Kier alpha value is -1.88. The lowest BCUT2D eigenvalue weighted by atomic mass is 10.1. The van der Waals surface area contributed by atoms with Crippen LogP contribution in [0.3, 0.4) is 0 Å². The molecule has 19 heavy (non-hydrogen) atoms. The third kappa shape index (κ3) is 2.93. The number of benzene rings is 1. The van der Waals surface area contributed by atoms with Gasteiger partial charge < -0.3 is 9.84 Å². The summed E-state index contributed by atoms with van der Waals surface area (Å²) in [4.78, 5) is 0. The summed E-state index contributed by atoms with van der Waals surface area (Å²) in [5, 5.41) is 14.3. The summed E-state index contributed by atoms with van der Waals surface area (Å²) in [6, 6.07) is 6.47. The summed E-state index contributed by atoms with van der Waals surface area (Å²) >= 11 is 0. The van der Waals surface area contributed by atoms with Gasteiger partial charge in [-0.25, -0.2) is 4.39 Å². The molecule has 0 aliphatic heterocycles. The molecular weight excluding hydrogens is 247 g/mol. The summed E-state index contributed by atoms with van der Waals surface area (Å²) in [5.74, 6) is -0.215. The van der Waals surface area contributed by atoms with Gasteiger partial charge in [-0.15, -0.1) is 0 Å². The second-order valence-corrected chi connectivity index (χ2v) is 4.26. The molecule has 1 heterocycles. The molecule has 1 unspecified atom stereocenters. The first kappa shape index (κ1) is 13.5. The van der Waals surface area contributed by atoms with Crippen LogP contribution in [0.2, 0.25) is 0 Å². The molecule has 4 nitrogen and oxygen atoms in total. The summed E-state index contributed by atoms with van der Waals surface area (Å²) in [6.07, 6.45) is 1.29. The number of aryl methyl sites for hydroxylation is 1. The summed E-state index contributed by atoms with van der Waals surface area (Å²) in [5.41, 5.74) is 1.45. The smallest absolute Gasteiger partial charge is 0.165 e. The molecule has 1 atom stereocenters. The monoisotopic (exact) mass is 264 g/mol. The highest BCUT2D eigenvalue weighted by atomic mass is 19.1. The van der Waals surface area contributed by atoms with Crippen LogP contribution in [-0.2, 0) is 13.0 Å². The summed E-state index contributed by atoms with van der Waals surface area (Å²) < 4.78 is 20.2. The van der Waals surface area contributed by atoms with E-state index in [0.717, 1.165) is 11.3 Å². The largest absolute Gasteiger partial charge is 0.494 e. The zero-order valence-electron chi connectivity index (χ0n) is 11.0. The van der Waals surface area contributed by atoms with E-state index in [1.54, 1.807) is 29.1 Å². The number of aliphatic hydroxyl groups is 1. The van der Waals surface area contributed by atoms with Crippen LogP contribution in [0.5, 0.6) is 5.75 Å². The number of methoxy groups -OCH3 is 1.